The van der Waals surface area contributed by atoms with Crippen LogP contribution in [0.15, 0.2) is 12.3 Å². The number of aromatic nitrogens is 2. The maximum absolute atomic E-state index is 5.56. The van der Waals surface area contributed by atoms with Crippen LogP contribution in [0.5, 0.6) is 0 Å². The molecule has 1 fully saturated rings. The molecule has 2 N–H and O–H groups in total. The van der Waals surface area contributed by atoms with Crippen molar-refractivity contribution in [3.63, 3.8) is 0 Å². The molecule has 4 nitrogen and oxygen atoms in total. The molecule has 1 atom stereocenters. The van der Waals surface area contributed by atoms with Crippen LogP contribution >= 0.6 is 0 Å². The highest BCUT2D eigenvalue weighted by molar-refractivity contribution is 5.25. The van der Waals surface area contributed by atoms with Crippen LogP contribution in [0.1, 0.15) is 31.2 Å². The highest BCUT2D eigenvalue weighted by Gasteiger charge is 2.18. The van der Waals surface area contributed by atoms with E-state index < -0.39 is 0 Å². The van der Waals surface area contributed by atoms with E-state index in [4.69, 9.17) is 10.5 Å². The molecule has 0 aliphatic carbocycles. The zero-order valence-corrected chi connectivity index (χ0v) is 7.44. The normalized spacial score (nSPS) is 22.9. The van der Waals surface area contributed by atoms with Gasteiger partial charge in [0.1, 0.15) is 11.9 Å². The van der Waals surface area contributed by atoms with Crippen molar-refractivity contribution in [2.24, 2.45) is 0 Å². The zero-order valence-electron chi connectivity index (χ0n) is 7.44. The Morgan fingerprint density at radius 1 is 1.46 bits per heavy atom. The first-order valence-electron chi connectivity index (χ1n) is 4.56. The highest BCUT2D eigenvalue weighted by Crippen LogP contribution is 2.25. The zero-order chi connectivity index (χ0) is 9.10. The molecule has 0 spiro atoms. The number of ether oxygens (including phenoxy) is 1. The summed E-state index contributed by atoms with van der Waals surface area (Å²) >= 11 is 0. The smallest absolute Gasteiger partial charge is 0.159 e. The van der Waals surface area contributed by atoms with Gasteiger partial charge in [0, 0.05) is 12.8 Å². The van der Waals surface area contributed by atoms with E-state index in [2.05, 4.69) is 9.97 Å². The molecule has 70 valence electrons. The SMILES string of the molecule is Nc1ccnc(C2CCCCO2)n1. The molecule has 1 aliphatic heterocycles. The molecule has 4 heteroatoms. The van der Waals surface area contributed by atoms with Crippen LogP contribution in [0, 0.1) is 0 Å². The second kappa shape index (κ2) is 3.70. The standard InChI is InChI=1S/C9H13N3O/c10-8-4-5-11-9(12-8)7-3-1-2-6-13-7/h4-5,7H,1-3,6H2,(H2,10,11,12). The van der Waals surface area contributed by atoms with Gasteiger partial charge in [0.2, 0.25) is 0 Å². The Hall–Kier alpha value is -1.16. The lowest BCUT2D eigenvalue weighted by atomic mass is 10.1. The summed E-state index contributed by atoms with van der Waals surface area (Å²) in [6.45, 7) is 0.808. The van der Waals surface area contributed by atoms with Crippen LogP contribution in [-0.4, -0.2) is 16.6 Å². The quantitative estimate of drug-likeness (QED) is 0.705. The van der Waals surface area contributed by atoms with Gasteiger partial charge >= 0.3 is 0 Å². The van der Waals surface area contributed by atoms with Crippen LogP contribution in [0.4, 0.5) is 5.82 Å². The summed E-state index contributed by atoms with van der Waals surface area (Å²) in [7, 11) is 0. The van der Waals surface area contributed by atoms with Crippen LogP contribution in [-0.2, 0) is 4.74 Å². The maximum Gasteiger partial charge on any atom is 0.159 e. The molecule has 1 aliphatic rings. The lowest BCUT2D eigenvalue weighted by molar-refractivity contribution is 0.00953. The fourth-order valence-corrected chi connectivity index (χ4v) is 1.49. The van der Waals surface area contributed by atoms with Crippen molar-refractivity contribution in [3.05, 3.63) is 18.1 Å². The van der Waals surface area contributed by atoms with Gasteiger partial charge in [0.05, 0.1) is 0 Å². The number of nitrogen functional groups attached to an aromatic ring is 1. The molecule has 1 saturated heterocycles. The van der Waals surface area contributed by atoms with Gasteiger partial charge in [0.25, 0.3) is 0 Å². The van der Waals surface area contributed by atoms with Crippen LogP contribution in [0.25, 0.3) is 0 Å². The Labute approximate surface area is 77.1 Å². The number of rotatable bonds is 1. The Morgan fingerprint density at radius 3 is 3.08 bits per heavy atom. The fourth-order valence-electron chi connectivity index (χ4n) is 1.49. The Morgan fingerprint density at radius 2 is 2.38 bits per heavy atom. The van der Waals surface area contributed by atoms with Crippen LogP contribution < -0.4 is 5.73 Å². The maximum atomic E-state index is 5.56. The predicted octanol–water partition coefficient (Wildman–Crippen LogP) is 1.30. The lowest BCUT2D eigenvalue weighted by Crippen LogP contribution is -2.14. The summed E-state index contributed by atoms with van der Waals surface area (Å²) in [4.78, 5) is 8.29. The van der Waals surface area contributed by atoms with Crippen LogP contribution in [0.3, 0.4) is 0 Å². The third-order valence-corrected chi connectivity index (χ3v) is 2.16. The van der Waals surface area contributed by atoms with Crippen molar-refractivity contribution >= 4 is 5.82 Å². The van der Waals surface area contributed by atoms with E-state index in [9.17, 15) is 0 Å². The third kappa shape index (κ3) is 1.95. The molecule has 0 saturated carbocycles. The van der Waals surface area contributed by atoms with Crippen molar-refractivity contribution in [1.82, 2.24) is 9.97 Å². The first-order chi connectivity index (χ1) is 6.36. The molecule has 0 radical (unpaired) electrons. The highest BCUT2D eigenvalue weighted by atomic mass is 16.5. The Kier molecular flexibility index (Phi) is 2.40. The topological polar surface area (TPSA) is 61.0 Å². The molecule has 0 aromatic carbocycles. The molecule has 2 heterocycles. The van der Waals surface area contributed by atoms with Gasteiger partial charge < -0.3 is 10.5 Å². The minimum Gasteiger partial charge on any atom is -0.384 e. The number of nitrogens with zero attached hydrogens (tertiary/aromatic N) is 2. The number of anilines is 1. The van der Waals surface area contributed by atoms with E-state index in [0.717, 1.165) is 25.3 Å². The number of nitrogens with two attached hydrogens (primary N) is 1. The van der Waals surface area contributed by atoms with Crippen molar-refractivity contribution in [2.75, 3.05) is 12.3 Å². The summed E-state index contributed by atoms with van der Waals surface area (Å²) < 4.78 is 5.54. The first kappa shape index (κ1) is 8.44. The molecule has 1 unspecified atom stereocenters. The number of hydrogen-bond acceptors (Lipinski definition) is 4. The van der Waals surface area contributed by atoms with E-state index in [0.29, 0.717) is 5.82 Å². The molecule has 13 heavy (non-hydrogen) atoms. The minimum atomic E-state index is 0.0530. The van der Waals surface area contributed by atoms with Gasteiger partial charge in [-0.2, -0.15) is 0 Å². The van der Waals surface area contributed by atoms with E-state index in [-0.39, 0.29) is 6.10 Å². The summed E-state index contributed by atoms with van der Waals surface area (Å²) in [6, 6.07) is 1.69. The molecule has 1 aromatic rings. The monoisotopic (exact) mass is 179 g/mol. The molecular formula is C9H13N3O. The Balaban J connectivity index is 2.14. The Bertz CT molecular complexity index is 284. The summed E-state index contributed by atoms with van der Waals surface area (Å²) in [5, 5.41) is 0. The van der Waals surface area contributed by atoms with E-state index >= 15 is 0 Å². The van der Waals surface area contributed by atoms with Crippen molar-refractivity contribution in [2.45, 2.75) is 25.4 Å². The fraction of sp³-hybridized carbons (Fsp3) is 0.556. The summed E-state index contributed by atoms with van der Waals surface area (Å²) in [5.74, 6) is 1.24. The number of hydrogen-bond donors (Lipinski definition) is 1. The second-order valence-corrected chi connectivity index (χ2v) is 3.19. The first-order valence-corrected chi connectivity index (χ1v) is 4.56. The van der Waals surface area contributed by atoms with Gasteiger partial charge in [-0.15, -0.1) is 0 Å². The van der Waals surface area contributed by atoms with E-state index in [1.54, 1.807) is 12.3 Å². The van der Waals surface area contributed by atoms with Gasteiger partial charge in [0.15, 0.2) is 5.82 Å². The lowest BCUT2D eigenvalue weighted by Gasteiger charge is -2.20. The molecular weight excluding hydrogens is 166 g/mol. The molecule has 0 amide bonds. The van der Waals surface area contributed by atoms with Gasteiger partial charge in [-0.25, -0.2) is 9.97 Å². The minimum absolute atomic E-state index is 0.0530. The van der Waals surface area contributed by atoms with E-state index in [1.807, 2.05) is 0 Å². The van der Waals surface area contributed by atoms with E-state index in [1.165, 1.54) is 6.42 Å². The van der Waals surface area contributed by atoms with Gasteiger partial charge in [-0.3, -0.25) is 0 Å². The van der Waals surface area contributed by atoms with Crippen molar-refractivity contribution < 1.29 is 4.74 Å². The summed E-state index contributed by atoms with van der Waals surface area (Å²) in [6.07, 6.45) is 5.05. The van der Waals surface area contributed by atoms with Gasteiger partial charge in [-0.1, -0.05) is 0 Å². The molecule has 0 bridgehead atoms. The average molecular weight is 179 g/mol. The largest absolute Gasteiger partial charge is 0.384 e. The molecule has 2 rings (SSSR count). The second-order valence-electron chi connectivity index (χ2n) is 3.19. The van der Waals surface area contributed by atoms with Crippen LogP contribution in [0.2, 0.25) is 0 Å². The van der Waals surface area contributed by atoms with Crippen molar-refractivity contribution in [3.8, 4) is 0 Å². The third-order valence-electron chi connectivity index (χ3n) is 2.16. The van der Waals surface area contributed by atoms with Crippen molar-refractivity contribution in [1.29, 1.82) is 0 Å². The predicted molar refractivity (Wildman–Crippen MR) is 49.0 cm³/mol. The molecule has 1 aromatic heterocycles. The summed E-state index contributed by atoms with van der Waals surface area (Å²) in [5.41, 5.74) is 5.56. The van der Waals surface area contributed by atoms with Gasteiger partial charge in [-0.05, 0) is 25.3 Å². The average Bonchev–Trinajstić information content (AvgIpc) is 2.19.